The van der Waals surface area contributed by atoms with E-state index in [4.69, 9.17) is 4.74 Å². The Hall–Kier alpha value is -3.01. The number of sulfonamides is 1. The zero-order valence-electron chi connectivity index (χ0n) is 15.3. The van der Waals surface area contributed by atoms with E-state index in [0.29, 0.717) is 24.2 Å². The number of carbonyl (C=O) groups is 1. The third-order valence-electron chi connectivity index (χ3n) is 5.06. The molecule has 0 spiro atoms. The smallest absolute Gasteiger partial charge is 0.235 e. The number of aromatic nitrogens is 2. The van der Waals surface area contributed by atoms with Crippen LogP contribution in [0.1, 0.15) is 35.2 Å². The van der Waals surface area contributed by atoms with Gasteiger partial charge in [0.1, 0.15) is 17.2 Å². The normalized spacial score (nSPS) is 14.6. The van der Waals surface area contributed by atoms with Crippen LogP contribution in [0.2, 0.25) is 0 Å². The van der Waals surface area contributed by atoms with Crippen LogP contribution in [-0.2, 0) is 10.0 Å². The molecule has 2 aromatic heterocycles. The average Bonchev–Trinajstić information content (AvgIpc) is 3.06. The molecule has 152 valence electrons. The van der Waals surface area contributed by atoms with Gasteiger partial charge in [0.15, 0.2) is 5.82 Å². The number of pyridine rings is 1. The van der Waals surface area contributed by atoms with Gasteiger partial charge in [-0.15, -0.1) is 0 Å². The number of ketones is 1. The lowest BCUT2D eigenvalue weighted by molar-refractivity contribution is 0.103. The second-order valence-electron chi connectivity index (χ2n) is 6.75. The number of fused-ring (bicyclic) bond motifs is 1. The predicted octanol–water partition coefficient (Wildman–Crippen LogP) is 3.37. The van der Waals surface area contributed by atoms with Gasteiger partial charge < -0.3 is 9.72 Å². The summed E-state index contributed by atoms with van der Waals surface area (Å²) in [5.41, 5.74) is -1.05. The molecule has 0 atom stereocenters. The number of methoxy groups -OCH3 is 1. The minimum absolute atomic E-state index is 0.0400. The number of benzene rings is 1. The van der Waals surface area contributed by atoms with Crippen molar-refractivity contribution < 1.29 is 26.7 Å². The highest BCUT2D eigenvalue weighted by Crippen LogP contribution is 2.33. The van der Waals surface area contributed by atoms with Crippen molar-refractivity contribution in [3.63, 3.8) is 0 Å². The van der Waals surface area contributed by atoms with Gasteiger partial charge in [-0.05, 0) is 31.0 Å². The van der Waals surface area contributed by atoms with E-state index in [1.165, 1.54) is 25.6 Å². The number of nitrogens with zero attached hydrogens (tertiary/aromatic N) is 1. The highest BCUT2D eigenvalue weighted by atomic mass is 32.2. The van der Waals surface area contributed by atoms with Gasteiger partial charge in [-0.1, -0.05) is 6.42 Å². The summed E-state index contributed by atoms with van der Waals surface area (Å²) in [5, 5.41) is -0.339. The van der Waals surface area contributed by atoms with Crippen LogP contribution in [0.25, 0.3) is 11.0 Å². The fourth-order valence-corrected chi connectivity index (χ4v) is 4.85. The number of aromatic amines is 1. The summed E-state index contributed by atoms with van der Waals surface area (Å²) < 4.78 is 61.4. The summed E-state index contributed by atoms with van der Waals surface area (Å²) >= 11 is 0. The number of rotatable bonds is 6. The first-order valence-corrected chi connectivity index (χ1v) is 10.4. The first-order valence-electron chi connectivity index (χ1n) is 8.88. The molecule has 10 heteroatoms. The lowest BCUT2D eigenvalue weighted by atomic mass is 10.0. The van der Waals surface area contributed by atoms with Crippen LogP contribution < -0.4 is 9.46 Å². The van der Waals surface area contributed by atoms with Crippen molar-refractivity contribution in [2.45, 2.75) is 24.5 Å². The number of ether oxygens (including phenoxy) is 1. The van der Waals surface area contributed by atoms with Crippen molar-refractivity contribution in [1.29, 1.82) is 0 Å². The lowest BCUT2D eigenvalue weighted by Crippen LogP contribution is -2.33. The Morgan fingerprint density at radius 1 is 1.28 bits per heavy atom. The molecule has 4 rings (SSSR count). The zero-order chi connectivity index (χ0) is 20.8. The van der Waals surface area contributed by atoms with E-state index < -0.39 is 43.9 Å². The topological polar surface area (TPSA) is 101 Å². The summed E-state index contributed by atoms with van der Waals surface area (Å²) in [4.78, 5) is 19.8. The molecule has 2 N–H and O–H groups in total. The fraction of sp³-hybridized carbons (Fsp3) is 0.263. The molecule has 1 aromatic carbocycles. The van der Waals surface area contributed by atoms with Gasteiger partial charge in [0, 0.05) is 12.4 Å². The minimum atomic E-state index is -3.81. The lowest BCUT2D eigenvalue weighted by Gasteiger charge is -2.25. The minimum Gasteiger partial charge on any atom is -0.496 e. The van der Waals surface area contributed by atoms with Crippen LogP contribution in [0.3, 0.4) is 0 Å². The maximum atomic E-state index is 15.0. The number of nitrogens with one attached hydrogen (secondary N) is 2. The number of H-pyrrole nitrogens is 1. The third kappa shape index (κ3) is 3.23. The van der Waals surface area contributed by atoms with Crippen LogP contribution >= 0.6 is 0 Å². The summed E-state index contributed by atoms with van der Waals surface area (Å²) in [5.74, 6) is -3.02. The van der Waals surface area contributed by atoms with Gasteiger partial charge in [-0.25, -0.2) is 22.2 Å². The van der Waals surface area contributed by atoms with Crippen molar-refractivity contribution in [3.8, 4) is 5.75 Å². The summed E-state index contributed by atoms with van der Waals surface area (Å²) in [6.07, 6.45) is 4.48. The Labute approximate surface area is 165 Å². The Balaban J connectivity index is 1.78. The van der Waals surface area contributed by atoms with Gasteiger partial charge in [-0.3, -0.25) is 9.52 Å². The molecule has 1 aliphatic carbocycles. The van der Waals surface area contributed by atoms with Gasteiger partial charge in [0.25, 0.3) is 0 Å². The number of hydrogen-bond donors (Lipinski definition) is 2. The first-order chi connectivity index (χ1) is 13.8. The molecule has 1 aliphatic rings. The van der Waals surface area contributed by atoms with Gasteiger partial charge in [-0.2, -0.15) is 0 Å². The fourth-order valence-electron chi connectivity index (χ4n) is 3.27. The Bertz CT molecular complexity index is 1220. The Morgan fingerprint density at radius 2 is 2.03 bits per heavy atom. The van der Waals surface area contributed by atoms with E-state index in [-0.39, 0.29) is 10.9 Å². The maximum absolute atomic E-state index is 15.0. The van der Waals surface area contributed by atoms with Gasteiger partial charge >= 0.3 is 0 Å². The Kier molecular flexibility index (Phi) is 4.73. The summed E-state index contributed by atoms with van der Waals surface area (Å²) in [6.45, 7) is 0. The number of anilines is 1. The first kappa shape index (κ1) is 19.3. The van der Waals surface area contributed by atoms with Crippen molar-refractivity contribution in [2.75, 3.05) is 11.8 Å². The second kappa shape index (κ2) is 7.11. The van der Waals surface area contributed by atoms with E-state index in [0.717, 1.165) is 18.6 Å². The molecule has 0 amide bonds. The quantitative estimate of drug-likeness (QED) is 0.595. The van der Waals surface area contributed by atoms with E-state index in [2.05, 4.69) is 14.7 Å². The van der Waals surface area contributed by atoms with Crippen molar-refractivity contribution in [1.82, 2.24) is 9.97 Å². The molecule has 3 aromatic rings. The van der Waals surface area contributed by atoms with Crippen molar-refractivity contribution in [2.24, 2.45) is 0 Å². The standard InChI is InChI=1S/C19H17F2N3O4S/c1-28-14-7-8-22-19-15(14)11(9-23-19)18(25)16-12(20)5-6-13(17(16)21)24-29(26,27)10-3-2-4-10/h5-10,24H,2-4H2,1H3,(H,22,23). The molecule has 1 saturated carbocycles. The zero-order valence-corrected chi connectivity index (χ0v) is 16.1. The van der Waals surface area contributed by atoms with Crippen LogP contribution in [0.15, 0.2) is 30.6 Å². The third-order valence-corrected chi connectivity index (χ3v) is 6.91. The second-order valence-corrected chi connectivity index (χ2v) is 8.71. The molecule has 2 heterocycles. The highest BCUT2D eigenvalue weighted by molar-refractivity contribution is 7.93. The van der Waals surface area contributed by atoms with E-state index >= 15 is 4.39 Å². The SMILES string of the molecule is COc1ccnc2[nH]cc(C(=O)c3c(F)ccc(NS(=O)(=O)C4CCC4)c3F)c12. The summed E-state index contributed by atoms with van der Waals surface area (Å²) in [7, 11) is -2.42. The Morgan fingerprint density at radius 3 is 2.69 bits per heavy atom. The van der Waals surface area contributed by atoms with Crippen LogP contribution in [0.5, 0.6) is 5.75 Å². The molecule has 0 radical (unpaired) electrons. The molecule has 0 aliphatic heterocycles. The van der Waals surface area contributed by atoms with E-state index in [9.17, 15) is 17.6 Å². The molecule has 0 saturated heterocycles. The van der Waals surface area contributed by atoms with Crippen LogP contribution in [0, 0.1) is 11.6 Å². The monoisotopic (exact) mass is 421 g/mol. The van der Waals surface area contributed by atoms with E-state index in [1.54, 1.807) is 0 Å². The molecule has 1 fully saturated rings. The van der Waals surface area contributed by atoms with Crippen molar-refractivity contribution >= 4 is 32.5 Å². The molecular weight excluding hydrogens is 404 g/mol. The average molecular weight is 421 g/mol. The number of carbonyl (C=O) groups excluding carboxylic acids is 1. The number of hydrogen-bond acceptors (Lipinski definition) is 5. The molecule has 0 bridgehead atoms. The molecule has 7 nitrogen and oxygen atoms in total. The predicted molar refractivity (Wildman–Crippen MR) is 103 cm³/mol. The van der Waals surface area contributed by atoms with Crippen molar-refractivity contribution in [3.05, 3.63) is 53.4 Å². The molecule has 29 heavy (non-hydrogen) atoms. The summed E-state index contributed by atoms with van der Waals surface area (Å²) in [6, 6.07) is 3.34. The number of halogens is 2. The van der Waals surface area contributed by atoms with Gasteiger partial charge in [0.2, 0.25) is 15.8 Å². The maximum Gasteiger partial charge on any atom is 0.235 e. The van der Waals surface area contributed by atoms with E-state index in [1.807, 2.05) is 0 Å². The van der Waals surface area contributed by atoms with Crippen LogP contribution in [0.4, 0.5) is 14.5 Å². The van der Waals surface area contributed by atoms with Crippen LogP contribution in [-0.4, -0.2) is 36.5 Å². The molecular formula is C19H17F2N3O4S. The van der Waals surface area contributed by atoms with Gasteiger partial charge in [0.05, 0.1) is 34.6 Å². The highest BCUT2D eigenvalue weighted by Gasteiger charge is 2.33. The molecule has 0 unspecified atom stereocenters. The largest absolute Gasteiger partial charge is 0.496 e.